The van der Waals surface area contributed by atoms with Gasteiger partial charge in [-0.05, 0) is 27.2 Å². The molecule has 1 fully saturated rings. The molecular formula is C21H29N4O10P. The van der Waals surface area contributed by atoms with Gasteiger partial charge in [0.1, 0.15) is 5.41 Å². The zero-order valence-electron chi connectivity index (χ0n) is 20.3. The van der Waals surface area contributed by atoms with Crippen molar-refractivity contribution in [2.24, 2.45) is 11.3 Å². The van der Waals surface area contributed by atoms with Crippen molar-refractivity contribution >= 4 is 20.7 Å². The Labute approximate surface area is 208 Å². The summed E-state index contributed by atoms with van der Waals surface area (Å²) in [7, 11) is 0.562. The Morgan fingerprint density at radius 2 is 2.11 bits per heavy atom. The van der Waals surface area contributed by atoms with Crippen molar-refractivity contribution in [3.05, 3.63) is 33.1 Å². The first-order valence-corrected chi connectivity index (χ1v) is 11.8. The smallest absolute Gasteiger partial charge is 0.407 e. The standard InChI is InChI=1S/C21H29N4O10P/c1-12(2)34-17(27)14(23-20(29)31-4)9-32-8-6-13-15(10-33-36-30)35-18(21(13,3)11-22)25-7-5-16(26)24-19(25)28/h5,7,12-15,18H,6,8-10H2,1-4H3,(H,23,29)(H,24,26,28)/t13-,14-,15-,18-,21-/m1/s1. The van der Waals surface area contributed by atoms with Crippen LogP contribution >= 0.6 is 8.69 Å². The summed E-state index contributed by atoms with van der Waals surface area (Å²) >= 11 is 0. The number of alkyl carbamates (subject to hydrolysis) is 1. The summed E-state index contributed by atoms with van der Waals surface area (Å²) in [5.41, 5.74) is -2.64. The lowest BCUT2D eigenvalue weighted by Crippen LogP contribution is -2.45. The zero-order chi connectivity index (χ0) is 26.9. The molecule has 198 valence electrons. The maximum absolute atomic E-state index is 12.4. The molecule has 1 saturated heterocycles. The first-order chi connectivity index (χ1) is 17.1. The highest BCUT2D eigenvalue weighted by Crippen LogP contribution is 2.50. The van der Waals surface area contributed by atoms with E-state index in [9.17, 15) is 29.0 Å². The third kappa shape index (κ3) is 7.20. The van der Waals surface area contributed by atoms with E-state index in [1.807, 2.05) is 0 Å². The van der Waals surface area contributed by atoms with Crippen molar-refractivity contribution in [1.82, 2.24) is 14.9 Å². The SMILES string of the molecule is COC(=O)N[C@H](COCC[C@@H]1[C@@H](COP=O)O[C@@H](n2ccc(=O)[nH]c2=O)[C@]1(C)C#N)C(=O)OC(C)C. The van der Waals surface area contributed by atoms with E-state index in [4.69, 9.17) is 18.7 Å². The van der Waals surface area contributed by atoms with Crippen molar-refractivity contribution < 1.29 is 37.6 Å². The predicted molar refractivity (Wildman–Crippen MR) is 122 cm³/mol. The minimum atomic E-state index is -1.28. The van der Waals surface area contributed by atoms with E-state index in [1.165, 1.54) is 6.20 Å². The Morgan fingerprint density at radius 3 is 2.69 bits per heavy atom. The number of aromatic amines is 1. The predicted octanol–water partition coefficient (Wildman–Crippen LogP) is 0.886. The molecule has 1 aromatic rings. The molecule has 1 aliphatic rings. The third-order valence-electron chi connectivity index (χ3n) is 5.64. The van der Waals surface area contributed by atoms with Crippen LogP contribution in [0.4, 0.5) is 4.79 Å². The molecule has 2 N–H and O–H groups in total. The number of hydrogen-bond acceptors (Lipinski definition) is 11. The normalized spacial score (nSPS) is 24.3. The second-order valence-corrected chi connectivity index (χ2v) is 8.86. The number of nitrogens with zero attached hydrogens (tertiary/aromatic N) is 2. The van der Waals surface area contributed by atoms with Crippen LogP contribution in [-0.4, -0.2) is 66.8 Å². The monoisotopic (exact) mass is 528 g/mol. The second-order valence-electron chi connectivity index (χ2n) is 8.45. The first-order valence-electron chi connectivity index (χ1n) is 11.0. The molecule has 0 saturated carbocycles. The summed E-state index contributed by atoms with van der Waals surface area (Å²) in [6.45, 7) is 4.55. The first kappa shape index (κ1) is 29.1. The van der Waals surface area contributed by atoms with Crippen LogP contribution in [-0.2, 0) is 32.8 Å². The highest BCUT2D eigenvalue weighted by molar-refractivity contribution is 7.17. The summed E-state index contributed by atoms with van der Waals surface area (Å²) in [6, 6.07) is 2.19. The molecule has 15 heteroatoms. The molecule has 0 bridgehead atoms. The summed E-state index contributed by atoms with van der Waals surface area (Å²) in [6.07, 6.45) is -1.64. The molecule has 2 rings (SSSR count). The molecule has 14 nitrogen and oxygen atoms in total. The van der Waals surface area contributed by atoms with Gasteiger partial charge in [-0.2, -0.15) is 5.26 Å². The molecule has 0 radical (unpaired) electrons. The Kier molecular flexibility index (Phi) is 10.7. The van der Waals surface area contributed by atoms with Crippen LogP contribution in [0.2, 0.25) is 0 Å². The Morgan fingerprint density at radius 1 is 1.39 bits per heavy atom. The number of esters is 1. The van der Waals surface area contributed by atoms with Gasteiger partial charge < -0.3 is 24.3 Å². The molecule has 0 aromatic carbocycles. The van der Waals surface area contributed by atoms with Crippen molar-refractivity contribution in [3.8, 4) is 6.07 Å². The Hall–Kier alpha value is -3.11. The van der Waals surface area contributed by atoms with Gasteiger partial charge in [0.15, 0.2) is 12.3 Å². The average Bonchev–Trinajstić information content (AvgIpc) is 3.10. The summed E-state index contributed by atoms with van der Waals surface area (Å²) in [5, 5.41) is 12.4. The largest absolute Gasteiger partial charge is 0.461 e. The molecular weight excluding hydrogens is 499 g/mol. The van der Waals surface area contributed by atoms with E-state index in [0.717, 1.165) is 17.7 Å². The molecule has 0 aliphatic carbocycles. The Bertz CT molecular complexity index is 1080. The van der Waals surface area contributed by atoms with E-state index >= 15 is 0 Å². The molecule has 1 aromatic heterocycles. The second kappa shape index (κ2) is 13.3. The van der Waals surface area contributed by atoms with Crippen molar-refractivity contribution in [1.29, 1.82) is 5.26 Å². The van der Waals surface area contributed by atoms with Crippen molar-refractivity contribution in [3.63, 3.8) is 0 Å². The van der Waals surface area contributed by atoms with Crippen molar-refractivity contribution in [2.75, 3.05) is 26.9 Å². The lowest BCUT2D eigenvalue weighted by Gasteiger charge is -2.29. The van der Waals surface area contributed by atoms with E-state index in [0.29, 0.717) is 0 Å². The number of nitriles is 1. The highest BCUT2D eigenvalue weighted by Gasteiger charge is 2.55. The van der Waals surface area contributed by atoms with Crippen LogP contribution in [0.25, 0.3) is 0 Å². The van der Waals surface area contributed by atoms with Crippen LogP contribution in [0.1, 0.15) is 33.4 Å². The van der Waals surface area contributed by atoms with Crippen LogP contribution < -0.4 is 16.6 Å². The summed E-state index contributed by atoms with van der Waals surface area (Å²) in [5.74, 6) is -1.28. The molecule has 1 amide bonds. The van der Waals surface area contributed by atoms with Gasteiger partial charge in [0.25, 0.3) is 5.56 Å². The molecule has 0 spiro atoms. The highest BCUT2D eigenvalue weighted by atomic mass is 31.1. The van der Waals surface area contributed by atoms with Crippen LogP contribution in [0.5, 0.6) is 0 Å². The molecule has 5 atom stereocenters. The summed E-state index contributed by atoms with van der Waals surface area (Å²) < 4.78 is 38.2. The average molecular weight is 528 g/mol. The zero-order valence-corrected chi connectivity index (χ0v) is 21.2. The van der Waals surface area contributed by atoms with Crippen molar-refractivity contribution in [2.45, 2.75) is 51.7 Å². The van der Waals surface area contributed by atoms with Gasteiger partial charge in [-0.15, -0.1) is 0 Å². The van der Waals surface area contributed by atoms with Crippen LogP contribution in [0, 0.1) is 22.7 Å². The van der Waals surface area contributed by atoms with E-state index in [2.05, 4.69) is 21.1 Å². The van der Waals surface area contributed by atoms with Gasteiger partial charge in [0, 0.05) is 24.8 Å². The summed E-state index contributed by atoms with van der Waals surface area (Å²) in [4.78, 5) is 49.9. The van der Waals surface area contributed by atoms with E-state index < -0.39 is 67.8 Å². The number of amides is 1. The Balaban J connectivity index is 2.17. The maximum Gasteiger partial charge on any atom is 0.407 e. The lowest BCUT2D eigenvalue weighted by molar-refractivity contribution is -0.151. The third-order valence-corrected chi connectivity index (χ3v) is 5.90. The minimum absolute atomic E-state index is 0.0262. The number of rotatable bonds is 12. The number of H-pyrrole nitrogens is 1. The van der Waals surface area contributed by atoms with E-state index in [-0.39, 0.29) is 26.2 Å². The number of aromatic nitrogens is 2. The number of carbonyl (C=O) groups excluding carboxylic acids is 2. The number of nitrogens with one attached hydrogen (secondary N) is 2. The fraction of sp³-hybridized carbons (Fsp3) is 0.667. The van der Waals surface area contributed by atoms with Gasteiger partial charge in [0.05, 0.1) is 38.6 Å². The number of carbonyl (C=O) groups is 2. The lowest BCUT2D eigenvalue weighted by atomic mass is 9.74. The number of ether oxygens (including phenoxy) is 4. The topological polar surface area (TPSA) is 188 Å². The molecule has 36 heavy (non-hydrogen) atoms. The maximum atomic E-state index is 12.4. The molecule has 0 unspecified atom stereocenters. The van der Waals surface area contributed by atoms with Gasteiger partial charge in [0.2, 0.25) is 0 Å². The quantitative estimate of drug-likeness (QED) is 0.223. The fourth-order valence-electron chi connectivity index (χ4n) is 3.92. The van der Waals surface area contributed by atoms with Crippen LogP contribution in [0.15, 0.2) is 21.9 Å². The van der Waals surface area contributed by atoms with Gasteiger partial charge in [-0.3, -0.25) is 18.9 Å². The fourth-order valence-corrected chi connectivity index (χ4v) is 4.12. The van der Waals surface area contributed by atoms with Gasteiger partial charge in [-0.25, -0.2) is 18.9 Å². The van der Waals surface area contributed by atoms with Crippen LogP contribution in [0.3, 0.4) is 0 Å². The van der Waals surface area contributed by atoms with E-state index in [1.54, 1.807) is 20.8 Å². The van der Waals surface area contributed by atoms with Gasteiger partial charge >= 0.3 is 26.4 Å². The number of methoxy groups -OCH3 is 1. The minimum Gasteiger partial charge on any atom is -0.461 e. The van der Waals surface area contributed by atoms with Gasteiger partial charge in [-0.1, -0.05) is 0 Å². The molecule has 1 aliphatic heterocycles. The number of hydrogen-bond donors (Lipinski definition) is 2. The molecule has 2 heterocycles.